The van der Waals surface area contributed by atoms with Crippen LogP contribution in [-0.2, 0) is 28.6 Å². The molecule has 290 valence electrons. The van der Waals surface area contributed by atoms with Crippen molar-refractivity contribution in [2.45, 2.75) is 245 Å². The van der Waals surface area contributed by atoms with Gasteiger partial charge in [-0.3, -0.25) is 14.4 Å². The molecule has 0 N–H and O–H groups in total. The number of ether oxygens (including phenoxy) is 3. The molecule has 0 fully saturated rings. The van der Waals surface area contributed by atoms with Gasteiger partial charge in [-0.05, 0) is 19.3 Å². The van der Waals surface area contributed by atoms with Gasteiger partial charge >= 0.3 is 17.9 Å². The number of carbonyl (C=O) groups is 3. The molecule has 0 radical (unpaired) electrons. The Bertz CT molecular complexity index is 723. The van der Waals surface area contributed by atoms with Crippen LogP contribution in [0.25, 0.3) is 0 Å². The van der Waals surface area contributed by atoms with E-state index in [1.54, 1.807) is 0 Å². The predicted octanol–water partition coefficient (Wildman–Crippen LogP) is 13.3. The molecule has 0 saturated heterocycles. The summed E-state index contributed by atoms with van der Waals surface area (Å²) in [6.07, 6.45) is 39.4. The van der Waals surface area contributed by atoms with Gasteiger partial charge in [-0.25, -0.2) is 0 Å². The van der Waals surface area contributed by atoms with E-state index in [-0.39, 0.29) is 31.1 Å². The Morgan fingerprint density at radius 2 is 0.592 bits per heavy atom. The van der Waals surface area contributed by atoms with E-state index in [9.17, 15) is 14.4 Å². The van der Waals surface area contributed by atoms with Crippen LogP contribution in [0, 0.1) is 0 Å². The Morgan fingerprint density at radius 3 is 0.898 bits per heavy atom. The molecule has 0 rings (SSSR count). The standard InChI is InChI=1S/C43H82O6/c1-4-7-9-11-13-15-17-19-20-21-22-24-25-27-29-31-33-36-42(45)48-39-40(38-47-41(44)35-6-3)49-43(46)37-34-32-30-28-26-23-18-16-14-12-10-8-5-2/h40H,4-39H2,1-3H3. The Kier molecular flexibility index (Phi) is 37.9. The molecule has 1 unspecified atom stereocenters. The average molecular weight is 695 g/mol. The highest BCUT2D eigenvalue weighted by Gasteiger charge is 2.19. The van der Waals surface area contributed by atoms with Crippen LogP contribution in [0.1, 0.15) is 239 Å². The Labute approximate surface area is 304 Å². The minimum absolute atomic E-state index is 0.0679. The maximum Gasteiger partial charge on any atom is 0.306 e. The summed E-state index contributed by atoms with van der Waals surface area (Å²) >= 11 is 0. The van der Waals surface area contributed by atoms with Crippen molar-refractivity contribution in [3.8, 4) is 0 Å². The summed E-state index contributed by atoms with van der Waals surface area (Å²) in [7, 11) is 0. The minimum Gasteiger partial charge on any atom is -0.462 e. The summed E-state index contributed by atoms with van der Waals surface area (Å²) in [4.78, 5) is 36.8. The largest absolute Gasteiger partial charge is 0.462 e. The van der Waals surface area contributed by atoms with Gasteiger partial charge in [0.2, 0.25) is 0 Å². The number of hydrogen-bond acceptors (Lipinski definition) is 6. The molecule has 1 atom stereocenters. The molecule has 0 aliphatic heterocycles. The first kappa shape index (κ1) is 47.4. The molecule has 0 aliphatic carbocycles. The highest BCUT2D eigenvalue weighted by molar-refractivity contribution is 5.71. The van der Waals surface area contributed by atoms with Crippen LogP contribution >= 0.6 is 0 Å². The number of rotatable bonds is 39. The van der Waals surface area contributed by atoms with Crippen molar-refractivity contribution in [1.29, 1.82) is 0 Å². The summed E-state index contributed by atoms with van der Waals surface area (Å²) in [5, 5.41) is 0. The van der Waals surface area contributed by atoms with Crippen LogP contribution < -0.4 is 0 Å². The van der Waals surface area contributed by atoms with Gasteiger partial charge in [-0.2, -0.15) is 0 Å². The molecule has 0 aromatic rings. The number of hydrogen-bond donors (Lipinski definition) is 0. The van der Waals surface area contributed by atoms with Crippen molar-refractivity contribution in [2.75, 3.05) is 13.2 Å². The van der Waals surface area contributed by atoms with Crippen LogP contribution in [0.3, 0.4) is 0 Å². The van der Waals surface area contributed by atoms with Gasteiger partial charge in [0.05, 0.1) is 0 Å². The fourth-order valence-electron chi connectivity index (χ4n) is 6.36. The first-order chi connectivity index (χ1) is 24.0. The van der Waals surface area contributed by atoms with E-state index in [0.717, 1.165) is 38.5 Å². The predicted molar refractivity (Wildman–Crippen MR) is 206 cm³/mol. The van der Waals surface area contributed by atoms with Crippen LogP contribution in [0.2, 0.25) is 0 Å². The molecule has 0 aromatic heterocycles. The summed E-state index contributed by atoms with van der Waals surface area (Å²) < 4.78 is 16.3. The van der Waals surface area contributed by atoms with Gasteiger partial charge in [0.1, 0.15) is 13.2 Å². The highest BCUT2D eigenvalue weighted by Crippen LogP contribution is 2.16. The molecule has 0 amide bonds. The maximum atomic E-state index is 12.5. The number of carbonyl (C=O) groups excluding carboxylic acids is 3. The van der Waals surface area contributed by atoms with E-state index in [4.69, 9.17) is 14.2 Å². The van der Waals surface area contributed by atoms with Gasteiger partial charge in [-0.15, -0.1) is 0 Å². The molecule has 6 heteroatoms. The first-order valence-electron chi connectivity index (χ1n) is 21.5. The zero-order valence-corrected chi connectivity index (χ0v) is 33.0. The van der Waals surface area contributed by atoms with Crippen LogP contribution in [0.15, 0.2) is 0 Å². The number of unbranched alkanes of at least 4 members (excludes halogenated alkanes) is 28. The quantitative estimate of drug-likeness (QED) is 0.0362. The molecule has 0 spiro atoms. The lowest BCUT2D eigenvalue weighted by Crippen LogP contribution is -2.30. The van der Waals surface area contributed by atoms with Gasteiger partial charge in [0.25, 0.3) is 0 Å². The molecular formula is C43H82O6. The van der Waals surface area contributed by atoms with Crippen molar-refractivity contribution < 1.29 is 28.6 Å². The normalized spacial score (nSPS) is 11.8. The lowest BCUT2D eigenvalue weighted by molar-refractivity contribution is -0.167. The van der Waals surface area contributed by atoms with Crippen molar-refractivity contribution in [3.63, 3.8) is 0 Å². The van der Waals surface area contributed by atoms with Gasteiger partial charge in [-0.1, -0.05) is 201 Å². The second-order valence-corrected chi connectivity index (χ2v) is 14.6. The summed E-state index contributed by atoms with van der Waals surface area (Å²) in [6.45, 7) is 6.31. The van der Waals surface area contributed by atoms with Crippen LogP contribution in [0.4, 0.5) is 0 Å². The third kappa shape index (κ3) is 37.5. The molecule has 0 aromatic carbocycles. The highest BCUT2D eigenvalue weighted by atomic mass is 16.6. The van der Waals surface area contributed by atoms with E-state index in [2.05, 4.69) is 13.8 Å². The van der Waals surface area contributed by atoms with E-state index in [1.807, 2.05) is 6.92 Å². The molecule has 0 heterocycles. The van der Waals surface area contributed by atoms with E-state index >= 15 is 0 Å². The second-order valence-electron chi connectivity index (χ2n) is 14.6. The maximum absolute atomic E-state index is 12.5. The zero-order valence-electron chi connectivity index (χ0n) is 33.0. The molecule has 0 bridgehead atoms. The lowest BCUT2D eigenvalue weighted by atomic mass is 10.0. The van der Waals surface area contributed by atoms with Gasteiger partial charge < -0.3 is 14.2 Å². The third-order valence-corrected chi connectivity index (χ3v) is 9.58. The Morgan fingerprint density at radius 1 is 0.327 bits per heavy atom. The summed E-state index contributed by atoms with van der Waals surface area (Å²) in [5.41, 5.74) is 0. The van der Waals surface area contributed by atoms with Crippen molar-refractivity contribution in [3.05, 3.63) is 0 Å². The third-order valence-electron chi connectivity index (χ3n) is 9.58. The summed E-state index contributed by atoms with van der Waals surface area (Å²) in [5.74, 6) is -0.919. The average Bonchev–Trinajstić information content (AvgIpc) is 3.09. The van der Waals surface area contributed by atoms with Crippen LogP contribution in [-0.4, -0.2) is 37.2 Å². The van der Waals surface area contributed by atoms with E-state index < -0.39 is 6.10 Å². The smallest absolute Gasteiger partial charge is 0.306 e. The van der Waals surface area contributed by atoms with Crippen molar-refractivity contribution in [2.24, 2.45) is 0 Å². The first-order valence-corrected chi connectivity index (χ1v) is 21.5. The lowest BCUT2D eigenvalue weighted by Gasteiger charge is -2.18. The van der Waals surface area contributed by atoms with E-state index in [1.165, 1.54) is 154 Å². The molecule has 49 heavy (non-hydrogen) atoms. The topological polar surface area (TPSA) is 78.9 Å². The molecule has 0 saturated carbocycles. The Hall–Kier alpha value is -1.59. The molecule has 0 aliphatic rings. The zero-order chi connectivity index (χ0) is 35.9. The van der Waals surface area contributed by atoms with E-state index in [0.29, 0.717) is 25.7 Å². The Balaban J connectivity index is 3.92. The fraction of sp³-hybridized carbons (Fsp3) is 0.930. The SMILES string of the molecule is CCCCCCCCCCCCCCCCCCCC(=O)OCC(COC(=O)CCC)OC(=O)CCCCCCCCCCCCCCC. The fourth-order valence-corrected chi connectivity index (χ4v) is 6.36. The monoisotopic (exact) mass is 695 g/mol. The summed E-state index contributed by atoms with van der Waals surface area (Å²) in [6, 6.07) is 0. The second kappa shape index (κ2) is 39.2. The van der Waals surface area contributed by atoms with Gasteiger partial charge in [0.15, 0.2) is 6.10 Å². The minimum atomic E-state index is -0.755. The number of esters is 3. The molecular weight excluding hydrogens is 612 g/mol. The van der Waals surface area contributed by atoms with Crippen LogP contribution in [0.5, 0.6) is 0 Å². The van der Waals surface area contributed by atoms with Crippen molar-refractivity contribution >= 4 is 17.9 Å². The molecule has 6 nitrogen and oxygen atoms in total. The van der Waals surface area contributed by atoms with Gasteiger partial charge in [0, 0.05) is 19.3 Å². The van der Waals surface area contributed by atoms with Crippen molar-refractivity contribution in [1.82, 2.24) is 0 Å².